The molecule has 0 bridgehead atoms. The number of pyridine rings is 1. The van der Waals surface area contributed by atoms with Crippen molar-refractivity contribution in [3.05, 3.63) is 59.4 Å². The molecule has 1 aromatic carbocycles. The molecular weight excluding hydrogens is 466 g/mol. The molecule has 0 spiro atoms. The largest absolute Gasteiger partial charge is 0.341 e. The first-order chi connectivity index (χ1) is 17.5. The Kier molecular flexibility index (Phi) is 6.38. The van der Waals surface area contributed by atoms with Crippen molar-refractivity contribution in [3.63, 3.8) is 0 Å². The summed E-state index contributed by atoms with van der Waals surface area (Å²) >= 11 is 0. The SMILES string of the molecule is CC(C)(C)c1noc(C(=O)N[C@@H]2CCCCc3cc(-c4ccnc(NC(=O)[C@@H]5CC5(C)C)c4)ccc32)n1. The molecule has 2 N–H and O–H groups in total. The van der Waals surface area contributed by atoms with E-state index in [1.807, 2.05) is 32.9 Å². The van der Waals surface area contributed by atoms with Gasteiger partial charge in [-0.25, -0.2) is 4.98 Å². The number of hydrogen-bond donors (Lipinski definition) is 2. The molecule has 37 heavy (non-hydrogen) atoms. The van der Waals surface area contributed by atoms with E-state index < -0.39 is 0 Å². The number of nitrogens with zero attached hydrogens (tertiary/aromatic N) is 3. The third-order valence-corrected chi connectivity index (χ3v) is 7.48. The van der Waals surface area contributed by atoms with Crippen LogP contribution in [0.15, 0.2) is 41.1 Å². The highest BCUT2D eigenvalue weighted by Gasteiger charge is 2.50. The van der Waals surface area contributed by atoms with Gasteiger partial charge in [0.1, 0.15) is 5.82 Å². The Bertz CT molecular complexity index is 1340. The molecule has 2 aromatic heterocycles. The molecule has 0 saturated heterocycles. The Morgan fingerprint density at radius 1 is 1.08 bits per heavy atom. The Morgan fingerprint density at radius 3 is 2.54 bits per heavy atom. The molecule has 0 aliphatic heterocycles. The summed E-state index contributed by atoms with van der Waals surface area (Å²) in [6.07, 6.45) is 6.48. The van der Waals surface area contributed by atoms with Crippen LogP contribution in [0.2, 0.25) is 0 Å². The Labute approximate surface area is 217 Å². The summed E-state index contributed by atoms with van der Waals surface area (Å²) in [5, 5.41) is 10.1. The molecule has 194 valence electrons. The van der Waals surface area contributed by atoms with Crippen molar-refractivity contribution in [1.29, 1.82) is 0 Å². The van der Waals surface area contributed by atoms with Gasteiger partial charge in [-0.1, -0.05) is 64.4 Å². The number of aryl methyl sites for hydroxylation is 1. The maximum absolute atomic E-state index is 12.9. The molecule has 5 rings (SSSR count). The monoisotopic (exact) mass is 501 g/mol. The van der Waals surface area contributed by atoms with Crippen LogP contribution in [-0.4, -0.2) is 26.9 Å². The average Bonchev–Trinajstić information content (AvgIpc) is 3.28. The number of hydrogen-bond acceptors (Lipinski definition) is 6. The number of nitrogens with one attached hydrogen (secondary N) is 2. The minimum atomic E-state index is -0.349. The van der Waals surface area contributed by atoms with Crippen LogP contribution < -0.4 is 10.6 Å². The standard InChI is InChI=1S/C29H35N5O3/c1-28(2,3)27-33-26(37-34-27)25(36)31-22-9-7-6-8-19-14-17(10-11-20(19)22)18-12-13-30-23(15-18)32-24(35)21-16-29(21,4)5/h10-15,21-22H,6-9,16H2,1-5H3,(H,31,36)(H,30,32,35)/t21-,22+/m0/s1. The lowest BCUT2D eigenvalue weighted by atomic mass is 9.94. The average molecular weight is 502 g/mol. The fraction of sp³-hybridized carbons (Fsp3) is 0.483. The zero-order chi connectivity index (χ0) is 26.4. The van der Waals surface area contributed by atoms with Crippen molar-refractivity contribution < 1.29 is 14.1 Å². The number of amides is 2. The minimum absolute atomic E-state index is 0.00621. The second kappa shape index (κ2) is 9.39. The molecule has 0 radical (unpaired) electrons. The van der Waals surface area contributed by atoms with Crippen molar-refractivity contribution in [3.8, 4) is 11.1 Å². The Morgan fingerprint density at radius 2 is 1.84 bits per heavy atom. The van der Waals surface area contributed by atoms with Crippen molar-refractivity contribution in [2.75, 3.05) is 5.32 Å². The number of aromatic nitrogens is 3. The molecule has 2 atom stereocenters. The summed E-state index contributed by atoms with van der Waals surface area (Å²) < 4.78 is 5.25. The second-order valence-corrected chi connectivity index (χ2v) is 12.0. The van der Waals surface area contributed by atoms with Crippen LogP contribution in [-0.2, 0) is 16.6 Å². The summed E-state index contributed by atoms with van der Waals surface area (Å²) in [6, 6.07) is 10.1. The zero-order valence-corrected chi connectivity index (χ0v) is 22.2. The lowest BCUT2D eigenvalue weighted by molar-refractivity contribution is -0.118. The van der Waals surface area contributed by atoms with E-state index in [1.54, 1.807) is 6.20 Å². The predicted molar refractivity (Wildman–Crippen MR) is 141 cm³/mol. The molecule has 3 aromatic rings. The molecule has 2 amide bonds. The molecule has 1 saturated carbocycles. The number of benzene rings is 1. The van der Waals surface area contributed by atoms with E-state index in [0.717, 1.165) is 48.8 Å². The third-order valence-electron chi connectivity index (χ3n) is 7.48. The highest BCUT2D eigenvalue weighted by atomic mass is 16.5. The maximum atomic E-state index is 12.9. The van der Waals surface area contributed by atoms with Gasteiger partial charge in [0.05, 0.1) is 6.04 Å². The zero-order valence-electron chi connectivity index (χ0n) is 22.2. The molecule has 1 fully saturated rings. The van der Waals surface area contributed by atoms with Crippen molar-refractivity contribution >= 4 is 17.6 Å². The van der Waals surface area contributed by atoms with Crippen LogP contribution in [0.25, 0.3) is 11.1 Å². The molecule has 2 aliphatic carbocycles. The number of anilines is 1. The molecular formula is C29H35N5O3. The quantitative estimate of drug-likeness (QED) is 0.440. The van der Waals surface area contributed by atoms with Crippen LogP contribution in [0.3, 0.4) is 0 Å². The van der Waals surface area contributed by atoms with E-state index in [-0.39, 0.29) is 40.5 Å². The lowest BCUT2D eigenvalue weighted by Gasteiger charge is -2.19. The Hall–Kier alpha value is -3.55. The highest BCUT2D eigenvalue weighted by Crippen LogP contribution is 2.52. The van der Waals surface area contributed by atoms with Gasteiger partial charge in [0.2, 0.25) is 5.91 Å². The summed E-state index contributed by atoms with van der Waals surface area (Å²) in [5.41, 5.74) is 4.16. The first kappa shape index (κ1) is 25.1. The fourth-order valence-corrected chi connectivity index (χ4v) is 4.96. The fourth-order valence-electron chi connectivity index (χ4n) is 4.96. The predicted octanol–water partition coefficient (Wildman–Crippen LogP) is 5.61. The second-order valence-electron chi connectivity index (χ2n) is 12.0. The third kappa shape index (κ3) is 5.43. The molecule has 2 aliphatic rings. The van der Waals surface area contributed by atoms with Crippen molar-refractivity contribution in [2.45, 2.75) is 78.2 Å². The normalized spacial score (nSPS) is 20.5. The topological polar surface area (TPSA) is 110 Å². The van der Waals surface area contributed by atoms with E-state index in [1.165, 1.54) is 5.56 Å². The molecule has 8 nitrogen and oxygen atoms in total. The van der Waals surface area contributed by atoms with Crippen molar-refractivity contribution in [2.24, 2.45) is 11.3 Å². The van der Waals surface area contributed by atoms with Crippen molar-refractivity contribution in [1.82, 2.24) is 20.4 Å². The number of carbonyl (C=O) groups excluding carboxylic acids is 2. The van der Waals surface area contributed by atoms with Crippen LogP contribution in [0, 0.1) is 11.3 Å². The van der Waals surface area contributed by atoms with E-state index in [2.05, 4.69) is 57.8 Å². The molecule has 0 unspecified atom stereocenters. The van der Waals surface area contributed by atoms with E-state index >= 15 is 0 Å². The van der Waals surface area contributed by atoms with Gasteiger partial charge in [0, 0.05) is 17.5 Å². The van der Waals surface area contributed by atoms with Gasteiger partial charge in [-0.2, -0.15) is 4.98 Å². The summed E-state index contributed by atoms with van der Waals surface area (Å²) in [5.74, 6) is 0.805. The summed E-state index contributed by atoms with van der Waals surface area (Å²) in [7, 11) is 0. The number of fused-ring (bicyclic) bond motifs is 1. The first-order valence-electron chi connectivity index (χ1n) is 13.1. The summed E-state index contributed by atoms with van der Waals surface area (Å²) in [4.78, 5) is 34.1. The molecule has 8 heteroatoms. The van der Waals surface area contributed by atoms with Gasteiger partial charge in [0.15, 0.2) is 5.82 Å². The minimum Gasteiger partial charge on any atom is -0.341 e. The smallest absolute Gasteiger partial charge is 0.315 e. The van der Waals surface area contributed by atoms with Crippen LogP contribution in [0.1, 0.15) is 94.0 Å². The first-order valence-corrected chi connectivity index (χ1v) is 13.1. The van der Waals surface area contributed by atoms with Gasteiger partial charge in [0.25, 0.3) is 0 Å². The maximum Gasteiger partial charge on any atom is 0.315 e. The van der Waals surface area contributed by atoms with E-state index in [4.69, 9.17) is 4.52 Å². The van der Waals surface area contributed by atoms with Crippen LogP contribution in [0.4, 0.5) is 5.82 Å². The van der Waals surface area contributed by atoms with Gasteiger partial charge in [-0.15, -0.1) is 0 Å². The Balaban J connectivity index is 1.34. The van der Waals surface area contributed by atoms with Gasteiger partial charge in [-0.3, -0.25) is 9.59 Å². The number of rotatable bonds is 5. The van der Waals surface area contributed by atoms with E-state index in [9.17, 15) is 9.59 Å². The highest BCUT2D eigenvalue weighted by molar-refractivity contribution is 5.94. The molecule has 2 heterocycles. The van der Waals surface area contributed by atoms with Gasteiger partial charge < -0.3 is 15.2 Å². The number of carbonyl (C=O) groups is 2. The summed E-state index contributed by atoms with van der Waals surface area (Å²) in [6.45, 7) is 10.2. The van der Waals surface area contributed by atoms with Gasteiger partial charge in [-0.05, 0) is 65.5 Å². The van der Waals surface area contributed by atoms with Crippen LogP contribution in [0.5, 0.6) is 0 Å². The lowest BCUT2D eigenvalue weighted by Crippen LogP contribution is -2.29. The van der Waals surface area contributed by atoms with E-state index in [0.29, 0.717) is 11.6 Å². The van der Waals surface area contributed by atoms with Gasteiger partial charge >= 0.3 is 11.8 Å². The van der Waals surface area contributed by atoms with Crippen LogP contribution >= 0.6 is 0 Å².